The molecule has 0 unspecified atom stereocenters. The number of nitrogens with zero attached hydrogens (tertiary/aromatic N) is 2. The molecule has 3 aromatic rings. The van der Waals surface area contributed by atoms with Crippen LogP contribution in [0.25, 0.3) is 0 Å². The van der Waals surface area contributed by atoms with Gasteiger partial charge < -0.3 is 10.2 Å². The molecule has 0 radical (unpaired) electrons. The van der Waals surface area contributed by atoms with Crippen molar-refractivity contribution in [3.63, 3.8) is 0 Å². The lowest BCUT2D eigenvalue weighted by molar-refractivity contribution is -0.140. The first-order valence-electron chi connectivity index (χ1n) is 13.4. The summed E-state index contributed by atoms with van der Waals surface area (Å²) in [5, 5.41) is 2.69. The molecule has 3 rings (SSSR count). The van der Waals surface area contributed by atoms with Crippen LogP contribution in [0, 0.1) is 0 Å². The Hall–Kier alpha value is -3.28. The Morgan fingerprint density at radius 1 is 0.953 bits per heavy atom. The van der Waals surface area contributed by atoms with E-state index in [4.69, 9.17) is 23.2 Å². The highest BCUT2D eigenvalue weighted by Crippen LogP contribution is 2.37. The standard InChI is InChI=1S/C30H32Cl2F3N3O4S/c1-3-4-16-36-29(40)27(17-21-8-6-5-7-9-21)37(19-22-10-12-23(31)13-11-22)28(39)20-38(43(2,41)42)24-14-15-26(32)25(18-24)30(33,34)35/h5-15,18,27H,3-4,16-17,19-20H2,1-2H3,(H,36,40)/t27-/m1/s1. The molecular formula is C30H32Cl2F3N3O4S. The number of halogens is 5. The zero-order valence-electron chi connectivity index (χ0n) is 23.6. The van der Waals surface area contributed by atoms with Gasteiger partial charge in [0.2, 0.25) is 21.8 Å². The molecule has 0 saturated carbocycles. The predicted octanol–water partition coefficient (Wildman–Crippen LogP) is 6.33. The van der Waals surface area contributed by atoms with Gasteiger partial charge in [-0.25, -0.2) is 8.42 Å². The van der Waals surface area contributed by atoms with Crippen molar-refractivity contribution in [3.8, 4) is 0 Å². The highest BCUT2D eigenvalue weighted by molar-refractivity contribution is 7.92. The number of alkyl halides is 3. The number of unbranched alkanes of at least 4 members (excludes halogenated alkanes) is 1. The van der Waals surface area contributed by atoms with Crippen LogP contribution >= 0.6 is 23.2 Å². The van der Waals surface area contributed by atoms with E-state index in [0.29, 0.717) is 33.9 Å². The maximum absolute atomic E-state index is 14.0. The van der Waals surface area contributed by atoms with Crippen LogP contribution in [0.4, 0.5) is 18.9 Å². The van der Waals surface area contributed by atoms with Crippen LogP contribution in [0.3, 0.4) is 0 Å². The van der Waals surface area contributed by atoms with Crippen molar-refractivity contribution in [2.75, 3.05) is 23.7 Å². The molecule has 3 aromatic carbocycles. The van der Waals surface area contributed by atoms with E-state index >= 15 is 0 Å². The normalized spacial score (nSPS) is 12.4. The molecule has 1 N–H and O–H groups in total. The molecule has 232 valence electrons. The summed E-state index contributed by atoms with van der Waals surface area (Å²) in [6, 6.07) is 17.1. The van der Waals surface area contributed by atoms with Crippen molar-refractivity contribution in [2.45, 2.75) is 44.9 Å². The molecule has 13 heteroatoms. The van der Waals surface area contributed by atoms with Crippen molar-refractivity contribution in [2.24, 2.45) is 0 Å². The number of nitrogens with one attached hydrogen (secondary N) is 1. The minimum atomic E-state index is -4.86. The van der Waals surface area contributed by atoms with Crippen molar-refractivity contribution in [1.29, 1.82) is 0 Å². The van der Waals surface area contributed by atoms with Crippen LogP contribution in [0.2, 0.25) is 10.0 Å². The van der Waals surface area contributed by atoms with E-state index in [0.717, 1.165) is 30.4 Å². The molecule has 0 heterocycles. The maximum Gasteiger partial charge on any atom is 0.417 e. The summed E-state index contributed by atoms with van der Waals surface area (Å²) in [5.41, 5.74) is -0.289. The van der Waals surface area contributed by atoms with Crippen LogP contribution in [-0.2, 0) is 38.8 Å². The molecule has 2 amide bonds. The summed E-state index contributed by atoms with van der Waals surface area (Å²) in [6.45, 7) is 1.37. The minimum absolute atomic E-state index is 0.0965. The van der Waals surface area contributed by atoms with Gasteiger partial charge in [0.05, 0.1) is 22.5 Å². The monoisotopic (exact) mass is 657 g/mol. The second-order valence-corrected chi connectivity index (χ2v) is 12.7. The lowest BCUT2D eigenvalue weighted by Crippen LogP contribution is -2.53. The van der Waals surface area contributed by atoms with Crippen LogP contribution < -0.4 is 9.62 Å². The Morgan fingerprint density at radius 3 is 2.19 bits per heavy atom. The van der Waals surface area contributed by atoms with Gasteiger partial charge in [0.15, 0.2) is 0 Å². The Bertz CT molecular complexity index is 1510. The summed E-state index contributed by atoms with van der Waals surface area (Å²) < 4.78 is 67.1. The molecule has 0 spiro atoms. The van der Waals surface area contributed by atoms with Gasteiger partial charge in [-0.3, -0.25) is 13.9 Å². The quantitative estimate of drug-likeness (QED) is 0.218. The third-order valence-corrected chi connectivity index (χ3v) is 8.31. The predicted molar refractivity (Wildman–Crippen MR) is 162 cm³/mol. The molecule has 7 nitrogen and oxygen atoms in total. The fourth-order valence-corrected chi connectivity index (χ4v) is 5.54. The molecule has 0 bridgehead atoms. The molecule has 0 saturated heterocycles. The Balaban J connectivity index is 2.07. The van der Waals surface area contributed by atoms with E-state index in [-0.39, 0.29) is 13.0 Å². The fourth-order valence-electron chi connectivity index (χ4n) is 4.35. The largest absolute Gasteiger partial charge is 0.417 e. The van der Waals surface area contributed by atoms with Gasteiger partial charge in [0, 0.05) is 24.5 Å². The number of sulfonamides is 1. The summed E-state index contributed by atoms with van der Waals surface area (Å²) >= 11 is 11.8. The Labute approximate surface area is 259 Å². The van der Waals surface area contributed by atoms with Crippen LogP contribution in [0.5, 0.6) is 0 Å². The van der Waals surface area contributed by atoms with E-state index in [2.05, 4.69) is 5.32 Å². The molecule has 1 atom stereocenters. The van der Waals surface area contributed by atoms with Crippen molar-refractivity contribution in [3.05, 3.63) is 99.5 Å². The number of carbonyl (C=O) groups is 2. The summed E-state index contributed by atoms with van der Waals surface area (Å²) in [6.07, 6.45) is -2.45. The van der Waals surface area contributed by atoms with E-state index in [9.17, 15) is 31.2 Å². The number of hydrogen-bond acceptors (Lipinski definition) is 4. The van der Waals surface area contributed by atoms with Crippen LogP contribution in [0.15, 0.2) is 72.8 Å². The van der Waals surface area contributed by atoms with Gasteiger partial charge in [-0.1, -0.05) is 79.0 Å². The molecule has 0 aromatic heterocycles. The van der Waals surface area contributed by atoms with E-state index in [1.165, 1.54) is 4.90 Å². The summed E-state index contributed by atoms with van der Waals surface area (Å²) in [5.74, 6) is -1.24. The number of hydrogen-bond donors (Lipinski definition) is 1. The van der Waals surface area contributed by atoms with Gasteiger partial charge in [-0.15, -0.1) is 0 Å². The maximum atomic E-state index is 14.0. The van der Waals surface area contributed by atoms with Gasteiger partial charge in [0.25, 0.3) is 0 Å². The first kappa shape index (κ1) is 34.2. The fraction of sp³-hybridized carbons (Fsp3) is 0.333. The molecule has 43 heavy (non-hydrogen) atoms. The second-order valence-electron chi connectivity index (χ2n) is 9.93. The van der Waals surface area contributed by atoms with E-state index in [1.54, 1.807) is 48.5 Å². The van der Waals surface area contributed by atoms with E-state index < -0.39 is 56.9 Å². The molecule has 0 fully saturated rings. The second kappa shape index (κ2) is 14.9. The molecule has 0 aliphatic carbocycles. The van der Waals surface area contributed by atoms with Crippen LogP contribution in [-0.4, -0.2) is 50.5 Å². The highest BCUT2D eigenvalue weighted by atomic mass is 35.5. The van der Waals surface area contributed by atoms with Crippen molar-refractivity contribution in [1.82, 2.24) is 10.2 Å². The van der Waals surface area contributed by atoms with E-state index in [1.807, 2.05) is 13.0 Å². The third kappa shape index (κ3) is 9.87. The van der Waals surface area contributed by atoms with Crippen molar-refractivity contribution >= 4 is 50.7 Å². The number of rotatable bonds is 13. The molecule has 0 aliphatic heterocycles. The van der Waals surface area contributed by atoms with Gasteiger partial charge in [0.1, 0.15) is 12.6 Å². The average Bonchev–Trinajstić information content (AvgIpc) is 2.94. The SMILES string of the molecule is CCCCNC(=O)[C@@H](Cc1ccccc1)N(Cc1ccc(Cl)cc1)C(=O)CN(c1ccc(Cl)c(C(F)(F)F)c1)S(C)(=O)=O. The van der Waals surface area contributed by atoms with Gasteiger partial charge in [-0.05, 0) is 47.9 Å². The number of benzene rings is 3. The molecule has 0 aliphatic rings. The number of carbonyl (C=O) groups excluding carboxylic acids is 2. The van der Waals surface area contributed by atoms with Gasteiger partial charge >= 0.3 is 6.18 Å². The first-order chi connectivity index (χ1) is 20.2. The summed E-state index contributed by atoms with van der Waals surface area (Å²) in [7, 11) is -4.27. The first-order valence-corrected chi connectivity index (χ1v) is 16.0. The third-order valence-electron chi connectivity index (χ3n) is 6.59. The highest BCUT2D eigenvalue weighted by Gasteiger charge is 2.36. The number of amides is 2. The Kier molecular flexibility index (Phi) is 11.9. The molecular weight excluding hydrogens is 626 g/mol. The topological polar surface area (TPSA) is 86.8 Å². The summed E-state index contributed by atoms with van der Waals surface area (Å²) in [4.78, 5) is 28.8. The lowest BCUT2D eigenvalue weighted by atomic mass is 10.0. The van der Waals surface area contributed by atoms with Crippen LogP contribution in [0.1, 0.15) is 36.5 Å². The van der Waals surface area contributed by atoms with Crippen molar-refractivity contribution < 1.29 is 31.2 Å². The minimum Gasteiger partial charge on any atom is -0.354 e. The smallest absolute Gasteiger partial charge is 0.354 e. The zero-order valence-corrected chi connectivity index (χ0v) is 25.9. The van der Waals surface area contributed by atoms with Gasteiger partial charge in [-0.2, -0.15) is 13.2 Å². The Morgan fingerprint density at radius 2 is 1.60 bits per heavy atom. The average molecular weight is 659 g/mol. The zero-order chi connectivity index (χ0) is 31.8. The number of anilines is 1. The lowest BCUT2D eigenvalue weighted by Gasteiger charge is -2.33.